The molecule has 2 heterocycles. The van der Waals surface area contributed by atoms with E-state index in [9.17, 15) is 8.78 Å². The van der Waals surface area contributed by atoms with Crippen LogP contribution in [0, 0.1) is 0 Å². The van der Waals surface area contributed by atoms with Crippen LogP contribution in [0.2, 0.25) is 0 Å². The van der Waals surface area contributed by atoms with E-state index in [1.165, 1.54) is 0 Å². The molecule has 1 saturated carbocycles. The van der Waals surface area contributed by atoms with Crippen molar-refractivity contribution >= 4 is 21.6 Å². The smallest absolute Gasteiger partial charge is 0.272 e. The highest BCUT2D eigenvalue weighted by atomic mass is 79.9. The lowest BCUT2D eigenvalue weighted by molar-refractivity contribution is 0.0823. The number of rotatable bonds is 4. The molecule has 1 aliphatic carbocycles. The van der Waals surface area contributed by atoms with Crippen LogP contribution < -0.4 is 4.74 Å². The van der Waals surface area contributed by atoms with Crippen LogP contribution in [0.5, 0.6) is 5.75 Å². The van der Waals surface area contributed by atoms with Crippen LogP contribution in [0.15, 0.2) is 22.9 Å². The summed E-state index contributed by atoms with van der Waals surface area (Å²) in [6.45, 7) is -0.613. The molecule has 18 heavy (non-hydrogen) atoms. The van der Waals surface area contributed by atoms with Gasteiger partial charge in [-0.3, -0.25) is 0 Å². The van der Waals surface area contributed by atoms with Crippen molar-refractivity contribution in [3.8, 4) is 5.75 Å². The monoisotopic (exact) mass is 316 g/mol. The summed E-state index contributed by atoms with van der Waals surface area (Å²) in [4.78, 5) is 4.47. The summed E-state index contributed by atoms with van der Waals surface area (Å²) in [5, 5.41) is 0. The second kappa shape index (κ2) is 4.50. The first-order valence-corrected chi connectivity index (χ1v) is 6.52. The maximum absolute atomic E-state index is 12.2. The molecule has 96 valence electrons. The first-order chi connectivity index (χ1) is 8.63. The van der Waals surface area contributed by atoms with Crippen molar-refractivity contribution < 1.29 is 13.5 Å². The van der Waals surface area contributed by atoms with E-state index in [0.29, 0.717) is 17.3 Å². The molecule has 6 heteroatoms. The minimum absolute atomic E-state index is 0.386. The van der Waals surface area contributed by atoms with Crippen molar-refractivity contribution in [1.29, 1.82) is 0 Å². The van der Waals surface area contributed by atoms with Crippen molar-refractivity contribution in [2.24, 2.45) is 0 Å². The Morgan fingerprint density at radius 1 is 1.44 bits per heavy atom. The topological polar surface area (TPSA) is 26.5 Å². The highest BCUT2D eigenvalue weighted by Gasteiger charge is 2.26. The molecule has 0 N–H and O–H groups in total. The lowest BCUT2D eigenvalue weighted by atomic mass is 10.3. The van der Waals surface area contributed by atoms with Crippen LogP contribution in [0.1, 0.15) is 24.5 Å². The van der Waals surface area contributed by atoms with Crippen LogP contribution in [-0.2, 0) is 0 Å². The molecule has 0 aromatic carbocycles. The third-order valence-electron chi connectivity index (χ3n) is 2.86. The van der Waals surface area contributed by atoms with E-state index in [4.69, 9.17) is 4.74 Å². The second-order valence-electron chi connectivity index (χ2n) is 4.40. The van der Waals surface area contributed by atoms with Crippen LogP contribution in [0.3, 0.4) is 0 Å². The fourth-order valence-electron chi connectivity index (χ4n) is 1.89. The summed E-state index contributed by atoms with van der Waals surface area (Å²) < 4.78 is 32.1. The number of nitrogens with zero attached hydrogens (tertiary/aromatic N) is 2. The molecule has 0 radical (unpaired) electrons. The van der Waals surface area contributed by atoms with E-state index in [1.807, 2.05) is 16.8 Å². The fraction of sp³-hybridized carbons (Fsp3) is 0.417. The van der Waals surface area contributed by atoms with Gasteiger partial charge in [0.25, 0.3) is 6.43 Å². The molecular weight excluding hydrogens is 306 g/mol. The molecular formula is C12H11BrF2N2O. The van der Waals surface area contributed by atoms with Crippen molar-refractivity contribution in [2.45, 2.75) is 25.2 Å². The average molecular weight is 317 g/mol. The van der Waals surface area contributed by atoms with Crippen LogP contribution >= 0.6 is 15.9 Å². The van der Waals surface area contributed by atoms with E-state index in [-0.39, 0.29) is 0 Å². The van der Waals surface area contributed by atoms with E-state index >= 15 is 0 Å². The Bertz CT molecular complexity index is 581. The van der Waals surface area contributed by atoms with Crippen LogP contribution in [0.25, 0.3) is 5.65 Å². The number of aromatic nitrogens is 2. The molecule has 0 spiro atoms. The maximum atomic E-state index is 12.2. The number of hydrogen-bond acceptors (Lipinski definition) is 2. The molecule has 0 saturated heterocycles. The predicted molar refractivity (Wildman–Crippen MR) is 66.4 cm³/mol. The number of ether oxygens (including phenoxy) is 1. The van der Waals surface area contributed by atoms with Gasteiger partial charge >= 0.3 is 0 Å². The molecule has 0 aliphatic heterocycles. The van der Waals surface area contributed by atoms with E-state index in [1.54, 1.807) is 6.07 Å². The summed E-state index contributed by atoms with van der Waals surface area (Å²) in [6.07, 6.45) is 3.61. The standard InChI is InChI=1S/C12H11BrF2N2O/c13-8-3-10(18-6-11(14)15)12-16-9(7-1-2-7)5-17(12)4-8/h3-5,7,11H,1-2,6H2. The molecule has 0 unspecified atom stereocenters. The van der Waals surface area contributed by atoms with Crippen molar-refractivity contribution in [1.82, 2.24) is 9.38 Å². The first-order valence-electron chi connectivity index (χ1n) is 5.72. The van der Waals surface area contributed by atoms with Gasteiger partial charge in [0.2, 0.25) is 0 Å². The maximum Gasteiger partial charge on any atom is 0.272 e. The highest BCUT2D eigenvalue weighted by Crippen LogP contribution is 2.40. The number of halogens is 3. The number of pyridine rings is 1. The van der Waals surface area contributed by atoms with Gasteiger partial charge in [0.05, 0.1) is 5.69 Å². The first kappa shape index (κ1) is 11.9. The molecule has 0 amide bonds. The molecule has 3 nitrogen and oxygen atoms in total. The quantitative estimate of drug-likeness (QED) is 0.861. The zero-order valence-corrected chi connectivity index (χ0v) is 11.0. The lowest BCUT2D eigenvalue weighted by Gasteiger charge is -2.07. The highest BCUT2D eigenvalue weighted by molar-refractivity contribution is 9.10. The fourth-order valence-corrected chi connectivity index (χ4v) is 2.32. The Balaban J connectivity index is 1.99. The Labute approximate surface area is 111 Å². The van der Waals surface area contributed by atoms with Gasteiger partial charge in [-0.15, -0.1) is 0 Å². The summed E-state index contributed by atoms with van der Waals surface area (Å²) >= 11 is 3.34. The Morgan fingerprint density at radius 2 is 2.22 bits per heavy atom. The summed E-state index contributed by atoms with van der Waals surface area (Å²) in [6, 6.07) is 1.67. The van der Waals surface area contributed by atoms with Crippen molar-refractivity contribution in [2.75, 3.05) is 6.61 Å². The zero-order chi connectivity index (χ0) is 12.7. The third-order valence-corrected chi connectivity index (χ3v) is 3.30. The summed E-state index contributed by atoms with van der Waals surface area (Å²) in [5.74, 6) is 0.906. The Hall–Kier alpha value is -1.17. The largest absolute Gasteiger partial charge is 0.484 e. The van der Waals surface area contributed by atoms with Gasteiger partial charge in [-0.05, 0) is 34.8 Å². The lowest BCUT2D eigenvalue weighted by Crippen LogP contribution is -2.07. The average Bonchev–Trinajstić information content (AvgIpc) is 3.06. The van der Waals surface area contributed by atoms with Crippen LogP contribution in [0.4, 0.5) is 8.78 Å². The van der Waals surface area contributed by atoms with Crippen molar-refractivity contribution in [3.63, 3.8) is 0 Å². The van der Waals surface area contributed by atoms with Gasteiger partial charge in [-0.25, -0.2) is 13.8 Å². The van der Waals surface area contributed by atoms with Gasteiger partial charge < -0.3 is 9.14 Å². The van der Waals surface area contributed by atoms with Gasteiger partial charge in [-0.1, -0.05) is 0 Å². The van der Waals surface area contributed by atoms with E-state index in [0.717, 1.165) is 23.0 Å². The Morgan fingerprint density at radius 3 is 2.89 bits per heavy atom. The Kier molecular flexibility index (Phi) is 2.97. The number of alkyl halides is 2. The minimum atomic E-state index is -2.48. The third kappa shape index (κ3) is 2.34. The van der Waals surface area contributed by atoms with Gasteiger partial charge in [-0.2, -0.15) is 0 Å². The van der Waals surface area contributed by atoms with Gasteiger partial charge in [0, 0.05) is 22.8 Å². The molecule has 2 aromatic rings. The minimum Gasteiger partial charge on any atom is -0.484 e. The summed E-state index contributed by atoms with van der Waals surface area (Å²) in [7, 11) is 0. The molecule has 0 bridgehead atoms. The molecule has 1 aliphatic rings. The molecule has 1 fully saturated rings. The SMILES string of the molecule is FC(F)COc1cc(Br)cn2cc(C3CC3)nc12. The number of imidazole rings is 1. The number of fused-ring (bicyclic) bond motifs is 1. The molecule has 3 rings (SSSR count). The van der Waals surface area contributed by atoms with E-state index < -0.39 is 13.0 Å². The van der Waals surface area contributed by atoms with Crippen LogP contribution in [-0.4, -0.2) is 22.4 Å². The normalized spacial score (nSPS) is 15.6. The second-order valence-corrected chi connectivity index (χ2v) is 5.31. The number of hydrogen-bond donors (Lipinski definition) is 0. The zero-order valence-electron chi connectivity index (χ0n) is 9.44. The molecule has 0 atom stereocenters. The molecule has 2 aromatic heterocycles. The summed E-state index contributed by atoms with van der Waals surface area (Å²) in [5.41, 5.74) is 1.61. The van der Waals surface area contributed by atoms with Gasteiger partial charge in [0.1, 0.15) is 6.61 Å². The van der Waals surface area contributed by atoms with E-state index in [2.05, 4.69) is 20.9 Å². The predicted octanol–water partition coefficient (Wildman–Crippen LogP) is 3.62. The van der Waals surface area contributed by atoms with Gasteiger partial charge in [0.15, 0.2) is 11.4 Å². The van der Waals surface area contributed by atoms with Crippen molar-refractivity contribution in [3.05, 3.63) is 28.6 Å².